The number of likely N-dealkylation sites (N-methyl/N-ethyl adjacent to an activating group) is 1. The minimum atomic E-state index is -3.67. The number of carbonyl (C=O) groups excluding carboxylic acids is 4. The molecule has 3 aliphatic rings. The Labute approximate surface area is 272 Å². The van der Waals surface area contributed by atoms with Gasteiger partial charge in [0.25, 0.3) is 16.0 Å². The quantitative estimate of drug-likeness (QED) is 0.110. The van der Waals surface area contributed by atoms with Crippen LogP contribution in [0.25, 0.3) is 5.76 Å². The number of nitrogens with one attached hydrogen (secondary N) is 2. The zero-order chi connectivity index (χ0) is 36.1. The number of hydrogen-bond acceptors (Lipinski definition) is 13. The molecule has 1 aromatic carbocycles. The van der Waals surface area contributed by atoms with Crippen molar-refractivity contribution in [1.29, 1.82) is 0 Å². The normalized spacial score (nSPS) is 24.2. The van der Waals surface area contributed by atoms with Crippen molar-refractivity contribution in [3.05, 3.63) is 34.1 Å². The number of phenols is 1. The molecule has 16 nitrogen and oxygen atoms in total. The van der Waals surface area contributed by atoms with Gasteiger partial charge < -0.3 is 41.7 Å². The second-order valence-corrected chi connectivity index (χ2v) is 14.9. The molecule has 4 rings (SSSR count). The number of amides is 2. The largest absolute Gasteiger partial charge is 0.508 e. The highest BCUT2D eigenvalue weighted by molar-refractivity contribution is 7.85. The third-order valence-corrected chi connectivity index (χ3v) is 8.23. The predicted molar refractivity (Wildman–Crippen MR) is 172 cm³/mol. The molecule has 2 amide bonds. The number of benzene rings is 1. The number of phenolic OH excluding ortho intramolecular Hbond substituents is 1. The zero-order valence-electron chi connectivity index (χ0n) is 27.5. The van der Waals surface area contributed by atoms with Crippen molar-refractivity contribution in [3.8, 4) is 5.75 Å². The lowest BCUT2D eigenvalue weighted by Gasteiger charge is -2.50. The molecule has 0 heterocycles. The summed E-state index contributed by atoms with van der Waals surface area (Å²) in [7, 11) is 2.91. The number of anilines is 2. The Hall–Kier alpha value is -4.03. The SMILES string of the molecule is CN(C)c1cc(NC(=O)CNC(C)(C)C)c(O)c2c1C[C@H]1C[C@H]3[C@H](N(C)C)C(=O)C(C(N)=O)=C(O)[C@@]3(O)C(=O)C1=C2O.CS(=O)(=O)O. The van der Waals surface area contributed by atoms with Gasteiger partial charge in [-0.25, -0.2) is 0 Å². The Kier molecular flexibility index (Phi) is 10.3. The van der Waals surface area contributed by atoms with E-state index in [0.717, 1.165) is 0 Å². The lowest BCUT2D eigenvalue weighted by atomic mass is 9.57. The van der Waals surface area contributed by atoms with Crippen LogP contribution in [0.2, 0.25) is 0 Å². The van der Waals surface area contributed by atoms with Gasteiger partial charge in [-0.2, -0.15) is 8.42 Å². The standard InChI is InChI=1S/C29H39N5O8.CH4O3S/c1-28(2,3)31-11-17(35)32-15-10-16(33(4)5)13-8-12-9-14-21(34(6)7)24(38)20(27(30)41)26(40)29(14,42)25(39)18(12)23(37)19(13)22(15)36;1-5(2,3)4/h10,12,14,21,31,36-37,40,42H,8-9,11H2,1-7H3,(H2,30,41)(H,32,35);1H3,(H,2,3,4)/t12-,14-,21-,29-;/m0./s1. The number of primary amides is 1. The monoisotopic (exact) mass is 681 g/mol. The van der Waals surface area contributed by atoms with Crippen molar-refractivity contribution in [2.75, 3.05) is 51.2 Å². The highest BCUT2D eigenvalue weighted by atomic mass is 32.2. The number of nitrogens with two attached hydrogens (primary N) is 1. The summed E-state index contributed by atoms with van der Waals surface area (Å²) >= 11 is 0. The summed E-state index contributed by atoms with van der Waals surface area (Å²) < 4.78 is 25.9. The van der Waals surface area contributed by atoms with Crippen molar-refractivity contribution < 1.29 is 52.6 Å². The summed E-state index contributed by atoms with van der Waals surface area (Å²) in [5.74, 6) is -7.79. The van der Waals surface area contributed by atoms with E-state index < -0.39 is 79.8 Å². The number of aliphatic hydroxyl groups excluding tert-OH is 2. The Balaban J connectivity index is 0.00000111. The molecule has 17 heteroatoms. The second kappa shape index (κ2) is 12.9. The van der Waals surface area contributed by atoms with Crippen LogP contribution in [-0.2, 0) is 35.7 Å². The molecule has 9 N–H and O–H groups in total. The van der Waals surface area contributed by atoms with E-state index in [2.05, 4.69) is 10.6 Å². The molecule has 260 valence electrons. The smallest absolute Gasteiger partial charge is 0.261 e. The molecular formula is C30H43N5O11S. The molecule has 0 saturated heterocycles. The van der Waals surface area contributed by atoms with Crippen LogP contribution in [0.3, 0.4) is 0 Å². The Bertz CT molecular complexity index is 1680. The van der Waals surface area contributed by atoms with Gasteiger partial charge in [0.05, 0.1) is 30.1 Å². The van der Waals surface area contributed by atoms with E-state index in [1.165, 1.54) is 4.90 Å². The molecule has 0 aromatic heterocycles. The molecule has 1 aromatic rings. The number of carbonyl (C=O) groups is 4. The fourth-order valence-corrected chi connectivity index (χ4v) is 6.33. The van der Waals surface area contributed by atoms with Gasteiger partial charge in [-0.05, 0) is 65.3 Å². The van der Waals surface area contributed by atoms with E-state index in [4.69, 9.17) is 10.3 Å². The first-order valence-electron chi connectivity index (χ1n) is 14.5. The summed E-state index contributed by atoms with van der Waals surface area (Å²) in [6, 6.07) is 0.409. The number of fused-ring (bicyclic) bond motifs is 3. The van der Waals surface area contributed by atoms with Crippen LogP contribution in [0, 0.1) is 11.8 Å². The molecule has 0 unspecified atom stereocenters. The maximum atomic E-state index is 14.0. The Morgan fingerprint density at radius 3 is 2.13 bits per heavy atom. The first-order chi connectivity index (χ1) is 21.3. The van der Waals surface area contributed by atoms with Gasteiger partial charge in [0.2, 0.25) is 11.7 Å². The molecule has 4 atom stereocenters. The van der Waals surface area contributed by atoms with E-state index in [1.807, 2.05) is 20.8 Å². The van der Waals surface area contributed by atoms with E-state index in [0.29, 0.717) is 17.5 Å². The highest BCUT2D eigenvalue weighted by Gasteiger charge is 2.64. The fourth-order valence-electron chi connectivity index (χ4n) is 6.33. The number of aromatic hydroxyl groups is 1. The number of ketones is 2. The number of hydrogen-bond donors (Lipinski definition) is 8. The maximum Gasteiger partial charge on any atom is 0.261 e. The van der Waals surface area contributed by atoms with E-state index in [-0.39, 0.29) is 41.7 Å². The predicted octanol–water partition coefficient (Wildman–Crippen LogP) is -0.139. The van der Waals surface area contributed by atoms with Gasteiger partial charge in [-0.15, -0.1) is 0 Å². The van der Waals surface area contributed by atoms with Gasteiger partial charge in [0.1, 0.15) is 22.8 Å². The number of Topliss-reactive ketones (excluding diaryl/α,β-unsaturated/α-hetero) is 2. The summed E-state index contributed by atoms with van der Waals surface area (Å²) in [6.07, 6.45) is 0.832. The van der Waals surface area contributed by atoms with Crippen LogP contribution in [0.1, 0.15) is 38.3 Å². The first kappa shape index (κ1) is 37.4. The summed E-state index contributed by atoms with van der Waals surface area (Å²) in [5, 5.41) is 51.3. The van der Waals surface area contributed by atoms with Crippen molar-refractivity contribution in [2.45, 2.75) is 50.8 Å². The minimum absolute atomic E-state index is 0.00158. The lowest BCUT2D eigenvalue weighted by Crippen LogP contribution is -2.65. The van der Waals surface area contributed by atoms with Crippen LogP contribution in [-0.4, -0.2) is 120 Å². The van der Waals surface area contributed by atoms with Crippen LogP contribution >= 0.6 is 0 Å². The van der Waals surface area contributed by atoms with Gasteiger partial charge >= 0.3 is 0 Å². The van der Waals surface area contributed by atoms with E-state index >= 15 is 0 Å². The number of aliphatic hydroxyl groups is 3. The Morgan fingerprint density at radius 2 is 1.66 bits per heavy atom. The zero-order valence-corrected chi connectivity index (χ0v) is 28.3. The van der Waals surface area contributed by atoms with E-state index in [9.17, 15) is 48.0 Å². The molecule has 0 radical (unpaired) electrons. The van der Waals surface area contributed by atoms with Gasteiger partial charge in [-0.3, -0.25) is 28.6 Å². The summed E-state index contributed by atoms with van der Waals surface area (Å²) in [5.41, 5.74) is 2.11. The molecule has 1 saturated carbocycles. The molecule has 47 heavy (non-hydrogen) atoms. The van der Waals surface area contributed by atoms with Crippen molar-refractivity contribution in [1.82, 2.24) is 10.2 Å². The fraction of sp³-hybridized carbons (Fsp3) is 0.533. The Morgan fingerprint density at radius 1 is 1.11 bits per heavy atom. The average molecular weight is 682 g/mol. The number of rotatable bonds is 6. The van der Waals surface area contributed by atoms with Crippen LogP contribution in [0.15, 0.2) is 23.0 Å². The summed E-state index contributed by atoms with van der Waals surface area (Å²) in [6.45, 7) is 5.62. The molecule has 1 fully saturated rings. The van der Waals surface area contributed by atoms with Gasteiger partial charge in [0.15, 0.2) is 11.4 Å². The van der Waals surface area contributed by atoms with Crippen LogP contribution < -0.4 is 21.3 Å². The van der Waals surface area contributed by atoms with Crippen molar-refractivity contribution in [3.63, 3.8) is 0 Å². The van der Waals surface area contributed by atoms with E-state index in [1.54, 1.807) is 39.2 Å². The van der Waals surface area contributed by atoms with Crippen molar-refractivity contribution in [2.24, 2.45) is 17.6 Å². The topological polar surface area (TPSA) is 260 Å². The molecule has 0 aliphatic heterocycles. The third-order valence-electron chi connectivity index (χ3n) is 8.23. The van der Waals surface area contributed by atoms with Crippen LogP contribution in [0.4, 0.5) is 11.4 Å². The first-order valence-corrected chi connectivity index (χ1v) is 16.4. The highest BCUT2D eigenvalue weighted by Crippen LogP contribution is 2.54. The molecule has 0 spiro atoms. The maximum absolute atomic E-state index is 14.0. The van der Waals surface area contributed by atoms with Crippen molar-refractivity contribution >= 4 is 50.6 Å². The number of nitrogens with zero attached hydrogens (tertiary/aromatic N) is 2. The minimum Gasteiger partial charge on any atom is -0.508 e. The molecular weight excluding hydrogens is 638 g/mol. The second-order valence-electron chi connectivity index (χ2n) is 13.4. The van der Waals surface area contributed by atoms with Crippen LogP contribution in [0.5, 0.6) is 5.75 Å². The van der Waals surface area contributed by atoms with Gasteiger partial charge in [0, 0.05) is 36.8 Å². The van der Waals surface area contributed by atoms with Gasteiger partial charge in [-0.1, -0.05) is 0 Å². The third kappa shape index (κ3) is 7.28. The molecule has 3 aliphatic carbocycles. The summed E-state index contributed by atoms with van der Waals surface area (Å²) in [4.78, 5) is 55.3. The molecule has 0 bridgehead atoms. The average Bonchev–Trinajstić information content (AvgIpc) is 2.89. The lowest BCUT2D eigenvalue weighted by molar-refractivity contribution is -0.153.